The maximum atomic E-state index is 9.82. The summed E-state index contributed by atoms with van der Waals surface area (Å²) in [7, 11) is -2.00. The Morgan fingerprint density at radius 1 is 1.12 bits per heavy atom. The zero-order valence-corrected chi connectivity index (χ0v) is 8.85. The van der Waals surface area contributed by atoms with Crippen molar-refractivity contribution in [3.05, 3.63) is 35.4 Å². The number of hydrogen-bond donors (Lipinski definition) is 3. The third-order valence-electron chi connectivity index (χ3n) is 2.16. The van der Waals surface area contributed by atoms with E-state index < -0.39 is 7.32 Å². The minimum absolute atomic E-state index is 0.0706. The number of benzene rings is 2. The van der Waals surface area contributed by atoms with Crippen molar-refractivity contribution in [1.29, 1.82) is 0 Å². The predicted octanol–water partition coefficient (Wildman–Crippen LogP) is 1.55. The molecule has 16 heavy (non-hydrogen) atoms. The van der Waals surface area contributed by atoms with Crippen LogP contribution in [0, 0.1) is 0 Å². The molecule has 0 amide bonds. The summed E-state index contributed by atoms with van der Waals surface area (Å²) in [5, 5.41) is 28.7. The summed E-state index contributed by atoms with van der Waals surface area (Å²) in [6.45, 7) is 0. The average Bonchev–Trinajstić information content (AvgIpc) is 2.25. The smallest absolute Gasteiger partial charge is 0.509 e. The molecule has 0 aliphatic heterocycles. The number of hydrogen-bond acceptors (Lipinski definition) is 4. The van der Waals surface area contributed by atoms with E-state index in [0.717, 1.165) is 0 Å². The van der Waals surface area contributed by atoms with E-state index >= 15 is 0 Å². The number of rotatable bonds is 2. The minimum atomic E-state index is -2.00. The molecule has 3 N–H and O–H groups in total. The second kappa shape index (κ2) is 4.21. The first-order chi connectivity index (χ1) is 7.59. The second-order valence-corrected chi connectivity index (χ2v) is 3.60. The maximum absolute atomic E-state index is 9.82. The van der Waals surface area contributed by atoms with Crippen LogP contribution in [0.1, 0.15) is 0 Å². The van der Waals surface area contributed by atoms with Gasteiger partial charge in [0, 0.05) is 16.8 Å². The molecule has 0 heterocycles. The lowest BCUT2D eigenvalue weighted by Gasteiger charge is -2.10. The van der Waals surface area contributed by atoms with Crippen LogP contribution in [0.25, 0.3) is 10.8 Å². The highest BCUT2D eigenvalue weighted by Gasteiger charge is 2.17. The van der Waals surface area contributed by atoms with Gasteiger partial charge in [-0.2, -0.15) is 0 Å². The summed E-state index contributed by atoms with van der Waals surface area (Å²) in [6.07, 6.45) is 0. The summed E-state index contributed by atoms with van der Waals surface area (Å²) in [6, 6.07) is 8.26. The van der Waals surface area contributed by atoms with Crippen molar-refractivity contribution < 1.29 is 19.8 Å². The van der Waals surface area contributed by atoms with Crippen LogP contribution in [-0.4, -0.2) is 22.5 Å². The van der Waals surface area contributed by atoms with Gasteiger partial charge >= 0.3 is 7.32 Å². The molecule has 0 fully saturated rings. The van der Waals surface area contributed by atoms with Crippen molar-refractivity contribution >= 4 is 29.7 Å². The first-order valence-electron chi connectivity index (χ1n) is 4.52. The van der Waals surface area contributed by atoms with Crippen LogP contribution in [0.4, 0.5) is 0 Å². The predicted molar refractivity (Wildman–Crippen MR) is 61.4 cm³/mol. The van der Waals surface area contributed by atoms with Gasteiger partial charge < -0.3 is 19.8 Å². The molecule has 0 spiro atoms. The van der Waals surface area contributed by atoms with E-state index in [1.807, 2.05) is 0 Å². The molecule has 0 unspecified atom stereocenters. The highest BCUT2D eigenvalue weighted by molar-refractivity contribution is 6.37. The van der Waals surface area contributed by atoms with E-state index in [4.69, 9.17) is 21.6 Å². The molecule has 0 saturated heterocycles. The fourth-order valence-electron chi connectivity index (χ4n) is 1.50. The monoisotopic (exact) mass is 238 g/mol. The molecule has 0 bridgehead atoms. The van der Waals surface area contributed by atoms with Crippen LogP contribution >= 0.6 is 11.6 Å². The van der Waals surface area contributed by atoms with Gasteiger partial charge in [0.05, 0.1) is 5.02 Å². The molecule has 2 rings (SSSR count). The molecular formula is C10H8BClO4. The highest BCUT2D eigenvalue weighted by atomic mass is 35.5. The first kappa shape index (κ1) is 11.1. The fraction of sp³-hybridized carbons (Fsp3) is 0. The summed E-state index contributed by atoms with van der Waals surface area (Å²) >= 11 is 5.96. The van der Waals surface area contributed by atoms with Gasteiger partial charge in [0.25, 0.3) is 0 Å². The molecule has 2 aromatic carbocycles. The number of halogens is 1. The molecule has 0 aliphatic carbocycles. The van der Waals surface area contributed by atoms with Crippen molar-refractivity contribution in [1.82, 2.24) is 0 Å². The number of phenolic OH excluding ortho intramolecular Hbond substituents is 1. The van der Waals surface area contributed by atoms with E-state index in [0.29, 0.717) is 15.8 Å². The first-order valence-corrected chi connectivity index (χ1v) is 4.90. The van der Waals surface area contributed by atoms with Gasteiger partial charge in [-0.25, -0.2) is 0 Å². The molecule has 0 atom stereocenters. The quantitative estimate of drug-likeness (QED) is 0.694. The van der Waals surface area contributed by atoms with Gasteiger partial charge in [0.2, 0.25) is 0 Å². The van der Waals surface area contributed by atoms with Crippen LogP contribution in [-0.2, 0) is 0 Å². The normalized spacial score (nSPS) is 10.4. The summed E-state index contributed by atoms with van der Waals surface area (Å²) in [4.78, 5) is 0. The third-order valence-corrected chi connectivity index (χ3v) is 2.48. The molecule has 0 radical (unpaired) electrons. The minimum Gasteiger partial charge on any atom is -0.509 e. The van der Waals surface area contributed by atoms with Crippen molar-refractivity contribution in [2.45, 2.75) is 0 Å². The third kappa shape index (κ3) is 1.93. The average molecular weight is 238 g/mol. The molecule has 0 aromatic heterocycles. The highest BCUT2D eigenvalue weighted by Crippen LogP contribution is 2.39. The molecular weight excluding hydrogens is 230 g/mol. The fourth-order valence-corrected chi connectivity index (χ4v) is 1.76. The lowest BCUT2D eigenvalue weighted by Crippen LogP contribution is -2.20. The van der Waals surface area contributed by atoms with Crippen molar-refractivity contribution in [2.75, 3.05) is 0 Å². The molecule has 2 aromatic rings. The van der Waals surface area contributed by atoms with E-state index in [9.17, 15) is 5.11 Å². The van der Waals surface area contributed by atoms with E-state index in [1.54, 1.807) is 24.3 Å². The van der Waals surface area contributed by atoms with Gasteiger partial charge in [-0.05, 0) is 0 Å². The summed E-state index contributed by atoms with van der Waals surface area (Å²) in [5.74, 6) is -0.244. The Morgan fingerprint density at radius 3 is 2.38 bits per heavy atom. The Bertz CT molecular complexity index is 529. The van der Waals surface area contributed by atoms with Crippen LogP contribution in [0.3, 0.4) is 0 Å². The van der Waals surface area contributed by atoms with Crippen molar-refractivity contribution in [3.63, 3.8) is 0 Å². The largest absolute Gasteiger partial charge is 0.707 e. The lowest BCUT2D eigenvalue weighted by atomic mass is 10.1. The molecule has 0 aliphatic rings. The number of phenols is 1. The lowest BCUT2D eigenvalue weighted by molar-refractivity contribution is 0.282. The van der Waals surface area contributed by atoms with E-state index in [1.165, 1.54) is 6.07 Å². The molecule has 82 valence electrons. The Hall–Kier alpha value is -1.43. The van der Waals surface area contributed by atoms with Crippen molar-refractivity contribution in [2.24, 2.45) is 0 Å². The SMILES string of the molecule is OB(O)Oc1cc(Cl)c2ccccc2c1O. The number of aromatic hydroxyl groups is 1. The maximum Gasteiger partial charge on any atom is 0.707 e. The number of fused-ring (bicyclic) bond motifs is 1. The topological polar surface area (TPSA) is 69.9 Å². The zero-order valence-electron chi connectivity index (χ0n) is 8.09. The van der Waals surface area contributed by atoms with Crippen LogP contribution in [0.2, 0.25) is 5.02 Å². The Labute approximate surface area is 96.8 Å². The van der Waals surface area contributed by atoms with Gasteiger partial charge in [0.15, 0.2) is 5.75 Å². The second-order valence-electron chi connectivity index (χ2n) is 3.19. The van der Waals surface area contributed by atoms with Crippen LogP contribution < -0.4 is 4.65 Å². The molecule has 6 heteroatoms. The standard InChI is InChI=1S/C10H8BClO4/c12-8-5-9(16-11(14)15)10(13)7-4-2-1-3-6(7)8/h1-5,13-15H. The van der Waals surface area contributed by atoms with Gasteiger partial charge in [-0.3, -0.25) is 0 Å². The van der Waals surface area contributed by atoms with Crippen molar-refractivity contribution in [3.8, 4) is 11.5 Å². The Kier molecular flexibility index (Phi) is 2.91. The molecule has 4 nitrogen and oxygen atoms in total. The Balaban J connectivity index is 2.65. The van der Waals surface area contributed by atoms with E-state index in [-0.39, 0.29) is 11.5 Å². The van der Waals surface area contributed by atoms with Gasteiger partial charge in [-0.1, -0.05) is 35.9 Å². The summed E-state index contributed by atoms with van der Waals surface area (Å²) < 4.78 is 4.61. The van der Waals surface area contributed by atoms with Gasteiger partial charge in [-0.15, -0.1) is 0 Å². The molecule has 0 saturated carbocycles. The summed E-state index contributed by atoms with van der Waals surface area (Å²) in [5.41, 5.74) is 0. The van der Waals surface area contributed by atoms with Crippen LogP contribution in [0.5, 0.6) is 11.5 Å². The van der Waals surface area contributed by atoms with Crippen LogP contribution in [0.15, 0.2) is 30.3 Å². The van der Waals surface area contributed by atoms with Gasteiger partial charge in [0.1, 0.15) is 5.75 Å². The van der Waals surface area contributed by atoms with E-state index in [2.05, 4.69) is 4.65 Å². The Morgan fingerprint density at radius 2 is 1.75 bits per heavy atom. The zero-order chi connectivity index (χ0) is 11.7.